The molecule has 0 heterocycles. The predicted molar refractivity (Wildman–Crippen MR) is 138 cm³/mol. The number of nitrogens with one attached hydrogen (secondary N) is 2. The number of ether oxygens (including phenoxy) is 3. The quantitative estimate of drug-likeness (QED) is 0.206. The van der Waals surface area contributed by atoms with Crippen LogP contribution in [0.2, 0.25) is 0 Å². The molecule has 3 aromatic rings. The number of anilines is 1. The Morgan fingerprint density at radius 3 is 2.39 bits per heavy atom. The van der Waals surface area contributed by atoms with Crippen LogP contribution in [0.25, 0.3) is 0 Å². The van der Waals surface area contributed by atoms with Gasteiger partial charge in [0.05, 0.1) is 23.9 Å². The lowest BCUT2D eigenvalue weighted by Gasteiger charge is -2.15. The van der Waals surface area contributed by atoms with Gasteiger partial charge in [0.2, 0.25) is 0 Å². The Kier molecular flexibility index (Phi) is 9.82. The van der Waals surface area contributed by atoms with E-state index >= 15 is 0 Å². The van der Waals surface area contributed by atoms with E-state index in [1.54, 1.807) is 54.6 Å². The van der Waals surface area contributed by atoms with Crippen molar-refractivity contribution in [3.05, 3.63) is 82.1 Å². The molecule has 0 atom stereocenters. The summed E-state index contributed by atoms with van der Waals surface area (Å²) < 4.78 is 31.3. The van der Waals surface area contributed by atoms with Crippen LogP contribution in [0.3, 0.4) is 0 Å². The standard InChI is InChI=1S/C26H25BrFN3O5/c1-3-34-20-11-9-19(10-12-20)30-25(32)26(33)31-29-15-17-13-21(27)24(23(14-17)35-4-2)36-16-18-7-5-6-8-22(18)28/h5-15H,3-4,16H2,1-2H3,(H,30,32)(H,31,33)/b29-15+. The number of rotatable bonds is 10. The molecule has 3 aromatic carbocycles. The van der Waals surface area contributed by atoms with Crippen LogP contribution in [0.5, 0.6) is 17.2 Å². The van der Waals surface area contributed by atoms with Gasteiger partial charge in [-0.1, -0.05) is 18.2 Å². The van der Waals surface area contributed by atoms with Gasteiger partial charge >= 0.3 is 11.8 Å². The monoisotopic (exact) mass is 557 g/mol. The van der Waals surface area contributed by atoms with Crippen LogP contribution in [0.4, 0.5) is 10.1 Å². The highest BCUT2D eigenvalue weighted by Crippen LogP contribution is 2.37. The number of benzene rings is 3. The van der Waals surface area contributed by atoms with E-state index in [4.69, 9.17) is 14.2 Å². The summed E-state index contributed by atoms with van der Waals surface area (Å²) in [6.07, 6.45) is 1.36. The topological polar surface area (TPSA) is 98.2 Å². The highest BCUT2D eigenvalue weighted by atomic mass is 79.9. The second-order valence-corrected chi connectivity index (χ2v) is 8.11. The molecule has 0 aliphatic carbocycles. The van der Waals surface area contributed by atoms with Gasteiger partial charge < -0.3 is 19.5 Å². The summed E-state index contributed by atoms with van der Waals surface area (Å²) in [5.74, 6) is -0.706. The molecule has 8 nitrogen and oxygen atoms in total. The smallest absolute Gasteiger partial charge is 0.329 e. The van der Waals surface area contributed by atoms with Crippen molar-refractivity contribution in [1.29, 1.82) is 0 Å². The van der Waals surface area contributed by atoms with Gasteiger partial charge in [-0.2, -0.15) is 5.10 Å². The van der Waals surface area contributed by atoms with Crippen molar-refractivity contribution in [2.24, 2.45) is 5.10 Å². The molecule has 0 bridgehead atoms. The summed E-state index contributed by atoms with van der Waals surface area (Å²) in [5.41, 5.74) is 3.60. The predicted octanol–water partition coefficient (Wildman–Crippen LogP) is 5.05. The number of amides is 2. The summed E-state index contributed by atoms with van der Waals surface area (Å²) in [7, 11) is 0. The Balaban J connectivity index is 1.62. The first-order valence-electron chi connectivity index (χ1n) is 11.1. The molecule has 0 spiro atoms. The second-order valence-electron chi connectivity index (χ2n) is 7.25. The number of halogens is 2. The molecule has 0 radical (unpaired) electrons. The van der Waals surface area contributed by atoms with Gasteiger partial charge in [-0.25, -0.2) is 9.82 Å². The fourth-order valence-electron chi connectivity index (χ4n) is 3.04. The van der Waals surface area contributed by atoms with Crippen LogP contribution in [0.15, 0.2) is 70.2 Å². The molecule has 0 saturated heterocycles. The van der Waals surface area contributed by atoms with E-state index in [2.05, 4.69) is 31.8 Å². The van der Waals surface area contributed by atoms with Gasteiger partial charge in [0, 0.05) is 11.3 Å². The van der Waals surface area contributed by atoms with Gasteiger partial charge in [-0.15, -0.1) is 0 Å². The van der Waals surface area contributed by atoms with Crippen LogP contribution >= 0.6 is 15.9 Å². The summed E-state index contributed by atoms with van der Waals surface area (Å²) in [5, 5.41) is 6.33. The van der Waals surface area contributed by atoms with Crippen LogP contribution in [-0.4, -0.2) is 31.2 Å². The molecule has 0 saturated carbocycles. The minimum atomic E-state index is -0.936. The molecule has 0 aliphatic heterocycles. The van der Waals surface area contributed by atoms with Crippen LogP contribution in [0, 0.1) is 5.82 Å². The van der Waals surface area contributed by atoms with E-state index in [-0.39, 0.29) is 12.4 Å². The van der Waals surface area contributed by atoms with E-state index < -0.39 is 11.8 Å². The van der Waals surface area contributed by atoms with Crippen molar-refractivity contribution >= 4 is 39.6 Å². The molecule has 2 N–H and O–H groups in total. The zero-order valence-electron chi connectivity index (χ0n) is 19.7. The average molecular weight is 558 g/mol. The highest BCUT2D eigenvalue weighted by molar-refractivity contribution is 9.10. The number of carbonyl (C=O) groups excluding carboxylic acids is 2. The maximum Gasteiger partial charge on any atom is 0.329 e. The zero-order valence-corrected chi connectivity index (χ0v) is 21.3. The van der Waals surface area contributed by atoms with E-state index in [1.807, 2.05) is 13.8 Å². The van der Waals surface area contributed by atoms with E-state index in [0.717, 1.165) is 0 Å². The number of hydrazone groups is 1. The molecule has 0 unspecified atom stereocenters. The van der Waals surface area contributed by atoms with Gasteiger partial charge in [0.15, 0.2) is 11.5 Å². The summed E-state index contributed by atoms with van der Waals surface area (Å²) >= 11 is 3.44. The lowest BCUT2D eigenvalue weighted by atomic mass is 10.2. The highest BCUT2D eigenvalue weighted by Gasteiger charge is 2.15. The molecular weight excluding hydrogens is 533 g/mol. The number of hydrogen-bond acceptors (Lipinski definition) is 6. The Hall–Kier alpha value is -3.92. The maximum absolute atomic E-state index is 13.9. The third-order valence-corrected chi connectivity index (χ3v) is 5.26. The lowest BCUT2D eigenvalue weighted by Crippen LogP contribution is -2.32. The summed E-state index contributed by atoms with van der Waals surface area (Å²) in [4.78, 5) is 24.2. The molecular formula is C26H25BrFN3O5. The minimum Gasteiger partial charge on any atom is -0.494 e. The molecule has 0 aromatic heterocycles. The van der Waals surface area contributed by atoms with E-state index in [0.29, 0.717) is 51.7 Å². The van der Waals surface area contributed by atoms with Crippen molar-refractivity contribution in [2.75, 3.05) is 18.5 Å². The fraction of sp³-hybridized carbons (Fsp3) is 0.192. The van der Waals surface area contributed by atoms with Gasteiger partial charge in [0.25, 0.3) is 0 Å². The fourth-order valence-corrected chi connectivity index (χ4v) is 3.61. The van der Waals surface area contributed by atoms with Crippen molar-refractivity contribution in [1.82, 2.24) is 5.43 Å². The van der Waals surface area contributed by atoms with Gasteiger partial charge in [-0.3, -0.25) is 9.59 Å². The van der Waals surface area contributed by atoms with Crippen molar-refractivity contribution in [3.8, 4) is 17.2 Å². The molecule has 0 aliphatic rings. The van der Waals surface area contributed by atoms with Crippen LogP contribution in [-0.2, 0) is 16.2 Å². The van der Waals surface area contributed by atoms with Crippen molar-refractivity contribution in [2.45, 2.75) is 20.5 Å². The normalized spacial score (nSPS) is 10.7. The third-order valence-electron chi connectivity index (χ3n) is 4.67. The Morgan fingerprint density at radius 1 is 0.972 bits per heavy atom. The first kappa shape index (κ1) is 26.7. The lowest BCUT2D eigenvalue weighted by molar-refractivity contribution is -0.136. The average Bonchev–Trinajstić information content (AvgIpc) is 2.86. The Labute approximate surface area is 216 Å². The molecule has 36 heavy (non-hydrogen) atoms. The van der Waals surface area contributed by atoms with Gasteiger partial charge in [-0.05, 0) is 77.8 Å². The maximum atomic E-state index is 13.9. The summed E-state index contributed by atoms with van der Waals surface area (Å²) in [6.45, 7) is 4.59. The minimum absolute atomic E-state index is 0.0122. The Bertz CT molecular complexity index is 1230. The SMILES string of the molecule is CCOc1ccc(NC(=O)C(=O)N/N=C/c2cc(Br)c(OCc3ccccc3F)c(OCC)c2)cc1. The van der Waals surface area contributed by atoms with E-state index in [1.165, 1.54) is 12.3 Å². The first-order chi connectivity index (χ1) is 17.4. The summed E-state index contributed by atoms with van der Waals surface area (Å²) in [6, 6.07) is 16.3. The number of nitrogens with zero attached hydrogens (tertiary/aromatic N) is 1. The largest absolute Gasteiger partial charge is 0.494 e. The third kappa shape index (κ3) is 7.54. The Morgan fingerprint density at radius 2 is 1.69 bits per heavy atom. The van der Waals surface area contributed by atoms with Crippen molar-refractivity contribution in [3.63, 3.8) is 0 Å². The molecule has 3 rings (SSSR count). The number of carbonyl (C=O) groups is 2. The van der Waals surface area contributed by atoms with Crippen LogP contribution in [0.1, 0.15) is 25.0 Å². The molecule has 0 fully saturated rings. The molecule has 10 heteroatoms. The van der Waals surface area contributed by atoms with Crippen molar-refractivity contribution < 1.29 is 28.2 Å². The zero-order chi connectivity index (χ0) is 25.9. The molecule has 188 valence electrons. The van der Waals surface area contributed by atoms with Crippen LogP contribution < -0.4 is 25.0 Å². The number of hydrogen-bond donors (Lipinski definition) is 2. The second kappa shape index (κ2) is 13.2. The first-order valence-corrected chi connectivity index (χ1v) is 11.9. The van der Waals surface area contributed by atoms with Gasteiger partial charge in [0.1, 0.15) is 18.2 Å². The molecule has 2 amide bonds. The van der Waals surface area contributed by atoms with E-state index in [9.17, 15) is 14.0 Å².